The monoisotopic (exact) mass is 268 g/mol. The highest BCUT2D eigenvalue weighted by molar-refractivity contribution is 5.95. The van der Waals surface area contributed by atoms with E-state index < -0.39 is 11.9 Å². The van der Waals surface area contributed by atoms with Crippen molar-refractivity contribution in [3.05, 3.63) is 24.0 Å². The lowest BCUT2D eigenvalue weighted by atomic mass is 10.2. The molecule has 1 aromatic carbocycles. The molecule has 1 heterocycles. The lowest BCUT2D eigenvalue weighted by Crippen LogP contribution is -2.29. The van der Waals surface area contributed by atoms with Crippen LogP contribution in [-0.2, 0) is 9.53 Å². The molecule has 2 unspecified atom stereocenters. The van der Waals surface area contributed by atoms with Gasteiger partial charge in [-0.3, -0.25) is 4.79 Å². The van der Waals surface area contributed by atoms with Crippen LogP contribution < -0.4 is 15.8 Å². The summed E-state index contributed by atoms with van der Waals surface area (Å²) >= 11 is 0. The Bertz CT molecular complexity index is 467. The lowest BCUT2D eigenvalue weighted by Gasteiger charge is -2.14. The van der Waals surface area contributed by atoms with Gasteiger partial charge in [0, 0.05) is 12.6 Å². The van der Waals surface area contributed by atoms with Crippen molar-refractivity contribution >= 4 is 11.6 Å². The smallest absolute Gasteiger partial charge is 0.253 e. The van der Waals surface area contributed by atoms with Crippen LogP contribution in [0.2, 0.25) is 0 Å². The van der Waals surface area contributed by atoms with Crippen molar-refractivity contribution < 1.29 is 18.7 Å². The number of hydrogen-bond donors (Lipinski definition) is 2. The number of hydrogen-bond acceptors (Lipinski definition) is 4. The molecule has 0 saturated carbocycles. The normalized spacial score (nSPS) is 22.3. The summed E-state index contributed by atoms with van der Waals surface area (Å²) < 4.78 is 23.5. The van der Waals surface area contributed by atoms with Crippen LogP contribution in [-0.4, -0.2) is 31.8 Å². The van der Waals surface area contributed by atoms with Gasteiger partial charge in [0.25, 0.3) is 5.91 Å². The Morgan fingerprint density at radius 2 is 2.37 bits per heavy atom. The average molecular weight is 268 g/mol. The van der Waals surface area contributed by atoms with Gasteiger partial charge in [-0.25, -0.2) is 4.39 Å². The van der Waals surface area contributed by atoms with Crippen LogP contribution in [0, 0.1) is 5.82 Å². The second-order valence-electron chi connectivity index (χ2n) is 4.39. The standard InChI is InChI=1S/C13H17FN2O3/c1-18-12-6-8(14)2-4-10(12)16-13(17)11-5-3-9(7-15)19-11/h2,4,6,9,11H,3,5,7,15H2,1H3,(H,16,17). The van der Waals surface area contributed by atoms with Gasteiger partial charge in [-0.05, 0) is 25.0 Å². The van der Waals surface area contributed by atoms with Crippen LogP contribution in [0.4, 0.5) is 10.1 Å². The van der Waals surface area contributed by atoms with Crippen LogP contribution in [0.25, 0.3) is 0 Å². The zero-order valence-electron chi connectivity index (χ0n) is 10.7. The largest absolute Gasteiger partial charge is 0.494 e. The number of nitrogens with two attached hydrogens (primary N) is 1. The second-order valence-corrected chi connectivity index (χ2v) is 4.39. The molecule has 0 radical (unpaired) electrons. The highest BCUT2D eigenvalue weighted by atomic mass is 19.1. The lowest BCUT2D eigenvalue weighted by molar-refractivity contribution is -0.126. The third kappa shape index (κ3) is 3.21. The summed E-state index contributed by atoms with van der Waals surface area (Å²) in [6, 6.07) is 3.94. The summed E-state index contributed by atoms with van der Waals surface area (Å²) in [5.41, 5.74) is 5.92. The fraction of sp³-hybridized carbons (Fsp3) is 0.462. The molecule has 1 amide bonds. The molecule has 0 aromatic heterocycles. The topological polar surface area (TPSA) is 73.6 Å². The molecule has 0 aliphatic carbocycles. The third-order valence-corrected chi connectivity index (χ3v) is 3.08. The van der Waals surface area contributed by atoms with E-state index in [1.807, 2.05) is 0 Å². The number of carbonyl (C=O) groups is 1. The molecule has 0 spiro atoms. The average Bonchev–Trinajstić information content (AvgIpc) is 2.89. The molecule has 5 nitrogen and oxygen atoms in total. The van der Waals surface area contributed by atoms with Crippen molar-refractivity contribution in [3.8, 4) is 5.75 Å². The van der Waals surface area contributed by atoms with E-state index in [0.717, 1.165) is 6.42 Å². The first-order valence-corrected chi connectivity index (χ1v) is 6.14. The molecule has 1 aliphatic heterocycles. The van der Waals surface area contributed by atoms with Gasteiger partial charge in [-0.2, -0.15) is 0 Å². The molecule has 1 saturated heterocycles. The highest BCUT2D eigenvalue weighted by Crippen LogP contribution is 2.26. The molecule has 19 heavy (non-hydrogen) atoms. The molecule has 3 N–H and O–H groups in total. The summed E-state index contributed by atoms with van der Waals surface area (Å²) in [5.74, 6) is -0.405. The van der Waals surface area contributed by atoms with Gasteiger partial charge in [-0.15, -0.1) is 0 Å². The minimum atomic E-state index is -0.511. The number of nitrogens with one attached hydrogen (secondary N) is 1. The van der Waals surface area contributed by atoms with Crippen LogP contribution in [0.15, 0.2) is 18.2 Å². The summed E-state index contributed by atoms with van der Waals surface area (Å²) in [6.07, 6.45) is 0.834. The quantitative estimate of drug-likeness (QED) is 0.862. The predicted octanol–water partition coefficient (Wildman–Crippen LogP) is 1.28. The summed E-state index contributed by atoms with van der Waals surface area (Å²) in [4.78, 5) is 12.0. The van der Waals surface area contributed by atoms with Crippen molar-refractivity contribution in [2.75, 3.05) is 19.0 Å². The van der Waals surface area contributed by atoms with Crippen molar-refractivity contribution in [1.29, 1.82) is 0 Å². The van der Waals surface area contributed by atoms with Gasteiger partial charge >= 0.3 is 0 Å². The summed E-state index contributed by atoms with van der Waals surface area (Å²) in [6.45, 7) is 0.406. The zero-order chi connectivity index (χ0) is 13.8. The van der Waals surface area contributed by atoms with Crippen LogP contribution in [0.5, 0.6) is 5.75 Å². The van der Waals surface area contributed by atoms with E-state index in [-0.39, 0.29) is 17.8 Å². The molecule has 104 valence electrons. The Morgan fingerprint density at radius 1 is 1.58 bits per heavy atom. The third-order valence-electron chi connectivity index (χ3n) is 3.08. The number of amides is 1. The Morgan fingerprint density at radius 3 is 3.00 bits per heavy atom. The van der Waals surface area contributed by atoms with Gasteiger partial charge in [0.05, 0.1) is 18.9 Å². The van der Waals surface area contributed by atoms with E-state index in [1.165, 1.54) is 25.3 Å². The number of rotatable bonds is 4. The van der Waals surface area contributed by atoms with Crippen molar-refractivity contribution in [3.63, 3.8) is 0 Å². The number of benzene rings is 1. The van der Waals surface area contributed by atoms with E-state index in [2.05, 4.69) is 5.32 Å². The van der Waals surface area contributed by atoms with E-state index in [9.17, 15) is 9.18 Å². The minimum Gasteiger partial charge on any atom is -0.494 e. The van der Waals surface area contributed by atoms with Gasteiger partial charge in [0.1, 0.15) is 17.7 Å². The number of carbonyl (C=O) groups excluding carboxylic acids is 1. The van der Waals surface area contributed by atoms with Gasteiger partial charge in [0.2, 0.25) is 0 Å². The number of halogens is 1. The summed E-state index contributed by atoms with van der Waals surface area (Å²) in [7, 11) is 1.42. The van der Waals surface area contributed by atoms with E-state index >= 15 is 0 Å². The van der Waals surface area contributed by atoms with Gasteiger partial charge in [-0.1, -0.05) is 0 Å². The van der Waals surface area contributed by atoms with E-state index in [1.54, 1.807) is 0 Å². The zero-order valence-corrected chi connectivity index (χ0v) is 10.7. The van der Waals surface area contributed by atoms with Gasteiger partial charge in [0.15, 0.2) is 0 Å². The predicted molar refractivity (Wildman–Crippen MR) is 68.5 cm³/mol. The SMILES string of the molecule is COc1cc(F)ccc1NC(=O)C1CCC(CN)O1. The van der Waals surface area contributed by atoms with Gasteiger partial charge < -0.3 is 20.5 Å². The fourth-order valence-electron chi connectivity index (χ4n) is 2.05. The number of methoxy groups -OCH3 is 1. The van der Waals surface area contributed by atoms with Crippen molar-refractivity contribution in [2.45, 2.75) is 25.0 Å². The highest BCUT2D eigenvalue weighted by Gasteiger charge is 2.30. The first-order chi connectivity index (χ1) is 9.13. The summed E-state index contributed by atoms with van der Waals surface area (Å²) in [5, 5.41) is 2.68. The molecule has 2 atom stereocenters. The van der Waals surface area contributed by atoms with Crippen molar-refractivity contribution in [2.24, 2.45) is 5.73 Å². The first kappa shape index (κ1) is 13.8. The van der Waals surface area contributed by atoms with E-state index in [4.69, 9.17) is 15.2 Å². The van der Waals surface area contributed by atoms with Crippen LogP contribution in [0.1, 0.15) is 12.8 Å². The maximum atomic E-state index is 13.0. The van der Waals surface area contributed by atoms with Crippen molar-refractivity contribution in [1.82, 2.24) is 0 Å². The Kier molecular flexibility index (Phi) is 4.34. The number of anilines is 1. The molecule has 1 aromatic rings. The fourth-order valence-corrected chi connectivity index (χ4v) is 2.05. The Balaban J connectivity index is 2.03. The van der Waals surface area contributed by atoms with E-state index in [0.29, 0.717) is 18.7 Å². The maximum absolute atomic E-state index is 13.0. The molecular formula is C13H17FN2O3. The molecular weight excluding hydrogens is 251 g/mol. The van der Waals surface area contributed by atoms with Crippen LogP contribution in [0.3, 0.4) is 0 Å². The molecule has 2 rings (SSSR count). The first-order valence-electron chi connectivity index (χ1n) is 6.14. The Labute approximate surface area is 110 Å². The molecule has 6 heteroatoms. The Hall–Kier alpha value is -1.66. The molecule has 1 fully saturated rings. The molecule has 0 bridgehead atoms. The molecule has 1 aliphatic rings. The minimum absolute atomic E-state index is 0.0640. The second kappa shape index (κ2) is 5.99. The maximum Gasteiger partial charge on any atom is 0.253 e. The number of ether oxygens (including phenoxy) is 2. The van der Waals surface area contributed by atoms with Crippen LogP contribution >= 0.6 is 0 Å².